The topological polar surface area (TPSA) is 105 Å². The highest BCUT2D eigenvalue weighted by Crippen LogP contribution is 2.36. The zero-order valence-electron chi connectivity index (χ0n) is 14.2. The summed E-state index contributed by atoms with van der Waals surface area (Å²) in [6, 6.07) is 3.83. The molecule has 0 aliphatic heterocycles. The summed E-state index contributed by atoms with van der Waals surface area (Å²) < 4.78 is 50.2. The molecule has 0 amide bonds. The Labute approximate surface area is 149 Å². The molecule has 0 N–H and O–H groups in total. The van der Waals surface area contributed by atoms with Crippen LogP contribution in [0.3, 0.4) is 0 Å². The van der Waals surface area contributed by atoms with Crippen LogP contribution in [0, 0.1) is 24.0 Å². The summed E-state index contributed by atoms with van der Waals surface area (Å²) >= 11 is 0. The lowest BCUT2D eigenvalue weighted by atomic mass is 10.2. The molecule has 1 aromatic carbocycles. The van der Waals surface area contributed by atoms with Crippen molar-refractivity contribution in [1.82, 2.24) is 19.8 Å². The van der Waals surface area contributed by atoms with Crippen LogP contribution in [-0.4, -0.2) is 31.8 Å². The highest BCUT2D eigenvalue weighted by atomic mass is 19.4. The number of methoxy groups -OCH3 is 1. The minimum Gasteiger partial charge on any atom is -0.496 e. The average Bonchev–Trinajstić information content (AvgIpc) is 3.03. The van der Waals surface area contributed by atoms with Crippen molar-refractivity contribution < 1.29 is 27.6 Å². The fourth-order valence-electron chi connectivity index (χ4n) is 2.33. The number of nitrogens with zero attached hydrogens (tertiary/aromatic N) is 5. The van der Waals surface area contributed by atoms with Gasteiger partial charge in [-0.1, -0.05) is 0 Å². The molecular weight excluding hydrogens is 371 g/mol. The first kappa shape index (κ1) is 18.4. The van der Waals surface area contributed by atoms with Gasteiger partial charge in [-0.3, -0.25) is 10.1 Å². The number of ether oxygens (including phenoxy) is 2. The zero-order chi connectivity index (χ0) is 19.9. The standard InChI is InChI=1S/C15H12F3N5O4/c1-7-8(2)13(21-22-12(7)19-20-14(22)15(16,17)18)27-11-5-4-9(26-3)6-10(11)23(24)25/h4-6H,1-3H3. The van der Waals surface area contributed by atoms with E-state index in [1.54, 1.807) is 6.92 Å². The number of halogens is 3. The fraction of sp³-hybridized carbons (Fsp3) is 0.267. The number of aryl methyl sites for hydroxylation is 1. The van der Waals surface area contributed by atoms with E-state index in [0.717, 1.165) is 6.07 Å². The van der Waals surface area contributed by atoms with E-state index in [9.17, 15) is 23.3 Å². The lowest BCUT2D eigenvalue weighted by Gasteiger charge is -2.12. The number of nitro groups is 1. The second-order valence-electron chi connectivity index (χ2n) is 5.50. The summed E-state index contributed by atoms with van der Waals surface area (Å²) in [5.74, 6) is -1.53. The highest BCUT2D eigenvalue weighted by molar-refractivity contribution is 5.56. The van der Waals surface area contributed by atoms with E-state index in [0.29, 0.717) is 15.6 Å². The van der Waals surface area contributed by atoms with Crippen molar-refractivity contribution in [3.63, 3.8) is 0 Å². The number of aromatic nitrogens is 4. The maximum absolute atomic E-state index is 13.1. The normalized spacial score (nSPS) is 11.6. The molecule has 9 nitrogen and oxygen atoms in total. The molecule has 12 heteroatoms. The number of alkyl halides is 3. The van der Waals surface area contributed by atoms with Gasteiger partial charge in [0.2, 0.25) is 11.6 Å². The monoisotopic (exact) mass is 383 g/mol. The van der Waals surface area contributed by atoms with Crippen LogP contribution in [0.2, 0.25) is 0 Å². The van der Waals surface area contributed by atoms with Gasteiger partial charge in [-0.05, 0) is 26.0 Å². The van der Waals surface area contributed by atoms with E-state index in [-0.39, 0.29) is 23.0 Å². The van der Waals surface area contributed by atoms with E-state index in [4.69, 9.17) is 9.47 Å². The third-order valence-corrected chi connectivity index (χ3v) is 3.87. The predicted octanol–water partition coefficient (Wildman–Crippen LogP) is 3.47. The Morgan fingerprint density at radius 1 is 1.19 bits per heavy atom. The largest absolute Gasteiger partial charge is 0.496 e. The Morgan fingerprint density at radius 3 is 2.48 bits per heavy atom. The van der Waals surface area contributed by atoms with Crippen molar-refractivity contribution in [2.45, 2.75) is 20.0 Å². The number of hydrogen-bond donors (Lipinski definition) is 0. The second-order valence-corrected chi connectivity index (χ2v) is 5.50. The van der Waals surface area contributed by atoms with Crippen LogP contribution in [-0.2, 0) is 6.18 Å². The van der Waals surface area contributed by atoms with Gasteiger partial charge in [0, 0.05) is 11.1 Å². The van der Waals surface area contributed by atoms with Gasteiger partial charge in [0.05, 0.1) is 18.1 Å². The lowest BCUT2D eigenvalue weighted by Crippen LogP contribution is -2.13. The first-order chi connectivity index (χ1) is 12.6. The molecule has 0 saturated heterocycles. The van der Waals surface area contributed by atoms with Gasteiger partial charge in [-0.25, -0.2) is 0 Å². The molecule has 0 atom stereocenters. The first-order valence-electron chi connectivity index (χ1n) is 7.43. The Morgan fingerprint density at radius 2 is 1.89 bits per heavy atom. The van der Waals surface area contributed by atoms with E-state index in [2.05, 4.69) is 15.3 Å². The lowest BCUT2D eigenvalue weighted by molar-refractivity contribution is -0.385. The molecule has 0 aliphatic rings. The van der Waals surface area contributed by atoms with Crippen LogP contribution in [0.25, 0.3) is 5.65 Å². The van der Waals surface area contributed by atoms with E-state index in [1.165, 1.54) is 26.2 Å². The molecule has 3 aromatic rings. The number of hydrogen-bond acceptors (Lipinski definition) is 7. The predicted molar refractivity (Wildman–Crippen MR) is 85.0 cm³/mol. The number of benzene rings is 1. The maximum atomic E-state index is 13.1. The van der Waals surface area contributed by atoms with Crippen LogP contribution in [0.5, 0.6) is 17.4 Å². The third-order valence-electron chi connectivity index (χ3n) is 3.87. The summed E-state index contributed by atoms with van der Waals surface area (Å²) in [4.78, 5) is 10.6. The van der Waals surface area contributed by atoms with Crippen LogP contribution in [0.1, 0.15) is 17.0 Å². The number of nitro benzene ring substituents is 1. The maximum Gasteiger partial charge on any atom is 0.453 e. The Balaban J connectivity index is 2.16. The van der Waals surface area contributed by atoms with E-state index < -0.39 is 22.6 Å². The highest BCUT2D eigenvalue weighted by Gasteiger charge is 2.38. The van der Waals surface area contributed by atoms with Crippen molar-refractivity contribution in [3.8, 4) is 17.4 Å². The molecule has 0 saturated carbocycles. The SMILES string of the molecule is COc1ccc(Oc2nn3c(C(F)(F)F)nnc3c(C)c2C)c([N+](=O)[O-])c1. The zero-order valence-corrected chi connectivity index (χ0v) is 14.2. The number of fused-ring (bicyclic) bond motifs is 1. The minimum absolute atomic E-state index is 0.0867. The molecular formula is C15H12F3N5O4. The quantitative estimate of drug-likeness (QED) is 0.502. The molecule has 3 rings (SSSR count). The van der Waals surface area contributed by atoms with Crippen molar-refractivity contribution in [1.29, 1.82) is 0 Å². The minimum atomic E-state index is -4.78. The molecule has 0 spiro atoms. The molecule has 0 bridgehead atoms. The van der Waals surface area contributed by atoms with E-state index >= 15 is 0 Å². The molecule has 2 heterocycles. The van der Waals surface area contributed by atoms with Gasteiger partial charge in [0.25, 0.3) is 5.82 Å². The van der Waals surface area contributed by atoms with Gasteiger partial charge in [-0.15, -0.1) is 15.3 Å². The molecule has 2 aromatic heterocycles. The second kappa shape index (κ2) is 6.37. The molecule has 0 fully saturated rings. The summed E-state index contributed by atoms with van der Waals surface area (Å²) in [6.07, 6.45) is -4.78. The number of rotatable bonds is 4. The summed E-state index contributed by atoms with van der Waals surface area (Å²) in [5, 5.41) is 21.7. The van der Waals surface area contributed by atoms with Gasteiger partial charge >= 0.3 is 11.9 Å². The van der Waals surface area contributed by atoms with Crippen LogP contribution in [0.4, 0.5) is 18.9 Å². The fourth-order valence-corrected chi connectivity index (χ4v) is 2.33. The van der Waals surface area contributed by atoms with E-state index in [1.807, 2.05) is 0 Å². The Hall–Kier alpha value is -3.44. The Bertz CT molecular complexity index is 1050. The van der Waals surface area contributed by atoms with Crippen LogP contribution in [0.15, 0.2) is 18.2 Å². The average molecular weight is 383 g/mol. The van der Waals surface area contributed by atoms with Gasteiger partial charge in [-0.2, -0.15) is 17.7 Å². The molecule has 142 valence electrons. The molecule has 0 radical (unpaired) electrons. The smallest absolute Gasteiger partial charge is 0.453 e. The summed E-state index contributed by atoms with van der Waals surface area (Å²) in [6.45, 7) is 3.07. The summed E-state index contributed by atoms with van der Waals surface area (Å²) in [5.41, 5.74) is 0.206. The van der Waals surface area contributed by atoms with Crippen molar-refractivity contribution in [2.24, 2.45) is 0 Å². The molecule has 0 aliphatic carbocycles. The third kappa shape index (κ3) is 3.20. The first-order valence-corrected chi connectivity index (χ1v) is 7.43. The van der Waals surface area contributed by atoms with Crippen molar-refractivity contribution in [2.75, 3.05) is 7.11 Å². The summed E-state index contributed by atoms with van der Waals surface area (Å²) in [7, 11) is 1.34. The molecule has 27 heavy (non-hydrogen) atoms. The molecule has 0 unspecified atom stereocenters. The van der Waals surface area contributed by atoms with Crippen LogP contribution >= 0.6 is 0 Å². The van der Waals surface area contributed by atoms with Crippen LogP contribution < -0.4 is 9.47 Å². The van der Waals surface area contributed by atoms with Gasteiger partial charge in [0.1, 0.15) is 5.75 Å². The van der Waals surface area contributed by atoms with Gasteiger partial charge in [0.15, 0.2) is 5.65 Å². The van der Waals surface area contributed by atoms with Crippen molar-refractivity contribution in [3.05, 3.63) is 45.3 Å². The Kier molecular flexibility index (Phi) is 4.33. The van der Waals surface area contributed by atoms with Crippen molar-refractivity contribution >= 4 is 11.3 Å². The van der Waals surface area contributed by atoms with Gasteiger partial charge < -0.3 is 9.47 Å².